The SMILES string of the molecule is CCOC(=O)CCC[C@@H](N[S@](=O)C(C)(C)C)C(C)C. The molecule has 0 fully saturated rings. The first-order valence-corrected chi connectivity index (χ1v) is 8.17. The van der Waals surface area contributed by atoms with Gasteiger partial charge >= 0.3 is 5.97 Å². The highest BCUT2D eigenvalue weighted by Crippen LogP contribution is 2.15. The van der Waals surface area contributed by atoms with Crippen LogP contribution in [0.2, 0.25) is 0 Å². The highest BCUT2D eigenvalue weighted by molar-refractivity contribution is 7.84. The van der Waals surface area contributed by atoms with E-state index in [0.29, 0.717) is 18.9 Å². The fourth-order valence-corrected chi connectivity index (χ4v) is 2.56. The molecule has 0 spiro atoms. The second kappa shape index (κ2) is 8.69. The Labute approximate surface area is 120 Å². The molecule has 0 unspecified atom stereocenters. The molecule has 0 saturated heterocycles. The molecule has 0 aliphatic heterocycles. The van der Waals surface area contributed by atoms with Crippen LogP contribution in [-0.2, 0) is 20.5 Å². The number of hydrogen-bond donors (Lipinski definition) is 1. The lowest BCUT2D eigenvalue weighted by Crippen LogP contribution is -2.42. The highest BCUT2D eigenvalue weighted by atomic mass is 32.2. The Morgan fingerprint density at radius 3 is 2.32 bits per heavy atom. The summed E-state index contributed by atoms with van der Waals surface area (Å²) in [5, 5.41) is 0. The summed E-state index contributed by atoms with van der Waals surface area (Å²) in [6.07, 6.45) is 2.02. The Bertz CT molecular complexity index is 298. The third-order valence-electron chi connectivity index (χ3n) is 2.82. The zero-order valence-electron chi connectivity index (χ0n) is 13.1. The smallest absolute Gasteiger partial charge is 0.305 e. The molecule has 0 rings (SSSR count). The average Bonchev–Trinajstić information content (AvgIpc) is 2.26. The van der Waals surface area contributed by atoms with Crippen LogP contribution in [0.4, 0.5) is 0 Å². The minimum absolute atomic E-state index is 0.151. The van der Waals surface area contributed by atoms with Crippen molar-refractivity contribution in [1.82, 2.24) is 4.72 Å². The maximum absolute atomic E-state index is 12.1. The van der Waals surface area contributed by atoms with E-state index >= 15 is 0 Å². The van der Waals surface area contributed by atoms with E-state index in [-0.39, 0.29) is 16.8 Å². The molecule has 0 bridgehead atoms. The molecule has 4 nitrogen and oxygen atoms in total. The quantitative estimate of drug-likeness (QED) is 0.700. The first-order chi connectivity index (χ1) is 8.68. The van der Waals surface area contributed by atoms with Gasteiger partial charge in [-0.15, -0.1) is 0 Å². The summed E-state index contributed by atoms with van der Waals surface area (Å²) in [7, 11) is -1.07. The molecule has 0 amide bonds. The van der Waals surface area contributed by atoms with Gasteiger partial charge in [0.1, 0.15) is 0 Å². The summed E-state index contributed by atoms with van der Waals surface area (Å²) in [4.78, 5) is 11.3. The molecule has 19 heavy (non-hydrogen) atoms. The lowest BCUT2D eigenvalue weighted by Gasteiger charge is -2.26. The molecule has 0 heterocycles. The Balaban J connectivity index is 4.21. The van der Waals surface area contributed by atoms with Gasteiger partial charge in [-0.25, -0.2) is 8.93 Å². The zero-order valence-corrected chi connectivity index (χ0v) is 13.9. The number of carbonyl (C=O) groups excluding carboxylic acids is 1. The number of hydrogen-bond acceptors (Lipinski definition) is 3. The van der Waals surface area contributed by atoms with Crippen molar-refractivity contribution in [1.29, 1.82) is 0 Å². The topological polar surface area (TPSA) is 55.4 Å². The maximum Gasteiger partial charge on any atom is 0.305 e. The van der Waals surface area contributed by atoms with E-state index in [0.717, 1.165) is 12.8 Å². The summed E-state index contributed by atoms with van der Waals surface area (Å²) in [6, 6.07) is 0.162. The second-order valence-electron chi connectivity index (χ2n) is 6.05. The van der Waals surface area contributed by atoms with Crippen LogP contribution in [0.15, 0.2) is 0 Å². The van der Waals surface area contributed by atoms with Crippen molar-refractivity contribution in [3.8, 4) is 0 Å². The van der Waals surface area contributed by atoms with Crippen molar-refractivity contribution in [3.05, 3.63) is 0 Å². The predicted octanol–water partition coefficient (Wildman–Crippen LogP) is 2.80. The van der Waals surface area contributed by atoms with Gasteiger partial charge in [-0.3, -0.25) is 4.79 Å². The van der Waals surface area contributed by atoms with Crippen LogP contribution in [0.1, 0.15) is 60.8 Å². The molecule has 0 aromatic carbocycles. The van der Waals surface area contributed by atoms with Gasteiger partial charge < -0.3 is 4.74 Å². The van der Waals surface area contributed by atoms with E-state index in [1.54, 1.807) is 0 Å². The summed E-state index contributed by atoms with van der Waals surface area (Å²) in [6.45, 7) is 12.3. The van der Waals surface area contributed by atoms with Crippen LogP contribution in [0, 0.1) is 5.92 Å². The predicted molar refractivity (Wildman–Crippen MR) is 80.1 cm³/mol. The van der Waals surface area contributed by atoms with Crippen LogP contribution in [0.5, 0.6) is 0 Å². The van der Waals surface area contributed by atoms with E-state index in [9.17, 15) is 9.00 Å². The van der Waals surface area contributed by atoms with Crippen molar-refractivity contribution in [2.75, 3.05) is 6.61 Å². The van der Waals surface area contributed by atoms with E-state index < -0.39 is 11.0 Å². The normalized spacial score (nSPS) is 15.3. The van der Waals surface area contributed by atoms with Gasteiger partial charge in [0.2, 0.25) is 0 Å². The minimum Gasteiger partial charge on any atom is -0.466 e. The van der Waals surface area contributed by atoms with E-state index in [4.69, 9.17) is 4.74 Å². The van der Waals surface area contributed by atoms with Crippen molar-refractivity contribution in [2.24, 2.45) is 5.92 Å². The van der Waals surface area contributed by atoms with Crippen molar-refractivity contribution in [3.63, 3.8) is 0 Å². The molecular formula is C14H29NO3S. The van der Waals surface area contributed by atoms with E-state index in [1.807, 2.05) is 27.7 Å². The number of rotatable bonds is 8. The van der Waals surface area contributed by atoms with E-state index in [2.05, 4.69) is 18.6 Å². The first kappa shape index (κ1) is 18.6. The molecule has 0 radical (unpaired) electrons. The van der Waals surface area contributed by atoms with Crippen LogP contribution in [0.3, 0.4) is 0 Å². The molecule has 1 N–H and O–H groups in total. The van der Waals surface area contributed by atoms with Crippen molar-refractivity contribution < 1.29 is 13.7 Å². The third kappa shape index (κ3) is 8.37. The lowest BCUT2D eigenvalue weighted by atomic mass is 9.99. The largest absolute Gasteiger partial charge is 0.466 e. The standard InChI is InChI=1S/C14H29NO3S/c1-7-18-13(16)10-8-9-12(11(2)3)15-19(17)14(4,5)6/h11-12,15H,7-10H2,1-6H3/t12-,19-/m1/s1. The van der Waals surface area contributed by atoms with Crippen LogP contribution in [-0.4, -0.2) is 27.6 Å². The summed E-state index contributed by atoms with van der Waals surface area (Å²) in [5.74, 6) is 0.232. The molecule has 0 aliphatic rings. The monoisotopic (exact) mass is 291 g/mol. The second-order valence-corrected chi connectivity index (χ2v) is 8.04. The van der Waals surface area contributed by atoms with Crippen molar-refractivity contribution >= 4 is 17.0 Å². The van der Waals surface area contributed by atoms with E-state index in [1.165, 1.54) is 0 Å². The summed E-state index contributed by atoms with van der Waals surface area (Å²) >= 11 is 0. The van der Waals surface area contributed by atoms with Gasteiger partial charge in [-0.2, -0.15) is 0 Å². The average molecular weight is 291 g/mol. The fraction of sp³-hybridized carbons (Fsp3) is 0.929. The third-order valence-corrected chi connectivity index (χ3v) is 4.45. The molecule has 114 valence electrons. The van der Waals surface area contributed by atoms with Gasteiger partial charge in [0.25, 0.3) is 0 Å². The van der Waals surface area contributed by atoms with Gasteiger partial charge in [0.15, 0.2) is 0 Å². The Morgan fingerprint density at radius 2 is 1.89 bits per heavy atom. The molecule has 0 saturated carbocycles. The molecular weight excluding hydrogens is 262 g/mol. The number of nitrogens with one attached hydrogen (secondary N) is 1. The molecule has 5 heteroatoms. The number of esters is 1. The Kier molecular flexibility index (Phi) is 8.50. The van der Waals surface area contributed by atoms with Crippen molar-refractivity contribution in [2.45, 2.75) is 71.6 Å². The van der Waals surface area contributed by atoms with Gasteiger partial charge in [0, 0.05) is 12.5 Å². The number of carbonyl (C=O) groups is 1. The van der Waals surface area contributed by atoms with Crippen LogP contribution >= 0.6 is 0 Å². The van der Waals surface area contributed by atoms with Gasteiger partial charge in [-0.1, -0.05) is 13.8 Å². The van der Waals surface area contributed by atoms with Crippen LogP contribution < -0.4 is 4.72 Å². The number of ether oxygens (including phenoxy) is 1. The fourth-order valence-electron chi connectivity index (χ4n) is 1.54. The lowest BCUT2D eigenvalue weighted by molar-refractivity contribution is -0.143. The zero-order chi connectivity index (χ0) is 15.1. The highest BCUT2D eigenvalue weighted by Gasteiger charge is 2.24. The molecule has 0 aromatic heterocycles. The first-order valence-electron chi connectivity index (χ1n) is 7.02. The Hall–Kier alpha value is -0.420. The van der Waals surface area contributed by atoms with Gasteiger partial charge in [-0.05, 0) is 46.5 Å². The maximum atomic E-state index is 12.1. The molecule has 2 atom stereocenters. The van der Waals surface area contributed by atoms with Crippen LogP contribution in [0.25, 0.3) is 0 Å². The molecule has 0 aromatic rings. The Morgan fingerprint density at radius 1 is 1.32 bits per heavy atom. The van der Waals surface area contributed by atoms with Gasteiger partial charge in [0.05, 0.1) is 22.3 Å². The summed E-state index contributed by atoms with van der Waals surface area (Å²) < 4.78 is 19.9. The summed E-state index contributed by atoms with van der Waals surface area (Å²) in [5.41, 5.74) is 0. The molecule has 0 aliphatic carbocycles. The minimum atomic E-state index is -1.07.